The molecule has 0 aromatic carbocycles. The molecule has 2 aromatic rings. The molecule has 2 heterocycles. The molecule has 0 N–H and O–H groups in total. The summed E-state index contributed by atoms with van der Waals surface area (Å²) in [7, 11) is 0. The van der Waals surface area contributed by atoms with Gasteiger partial charge in [-0.25, -0.2) is 0 Å². The van der Waals surface area contributed by atoms with E-state index in [2.05, 4.69) is 24.4 Å². The zero-order chi connectivity index (χ0) is 12.0. The molecule has 4 nitrogen and oxygen atoms in total. The van der Waals surface area contributed by atoms with Crippen molar-refractivity contribution in [3.63, 3.8) is 0 Å². The maximum absolute atomic E-state index is 10.4. The fourth-order valence-electron chi connectivity index (χ4n) is 0.825. The van der Waals surface area contributed by atoms with Crippen LogP contribution < -0.4 is 0 Å². The zero-order valence-electron chi connectivity index (χ0n) is 8.85. The van der Waals surface area contributed by atoms with Gasteiger partial charge in [0.25, 0.3) is 0 Å². The monoisotopic (exact) mass is 316 g/mol. The minimum atomic E-state index is 0. The Labute approximate surface area is 121 Å². The molecule has 0 aliphatic rings. The molecular weight excluding hydrogens is 310 g/mol. The largest absolute Gasteiger partial charge is 2.00 e. The van der Waals surface area contributed by atoms with Gasteiger partial charge in [-0.3, -0.25) is 0 Å². The Bertz CT molecular complexity index is 517. The van der Waals surface area contributed by atoms with Gasteiger partial charge in [0.1, 0.15) is 9.28 Å². The summed E-state index contributed by atoms with van der Waals surface area (Å²) in [5.74, 6) is 0. The fourth-order valence-corrected chi connectivity index (χ4v) is 1.10. The summed E-state index contributed by atoms with van der Waals surface area (Å²) in [5.41, 5.74) is 0. The van der Waals surface area contributed by atoms with Gasteiger partial charge in [-0.1, -0.05) is 36.6 Å². The van der Waals surface area contributed by atoms with Crippen LogP contribution in [0.15, 0.2) is 48.8 Å². The molecule has 0 aliphatic heterocycles. The van der Waals surface area contributed by atoms with Gasteiger partial charge >= 0.3 is 19.5 Å². The molecule has 0 amide bonds. The second-order valence-electron chi connectivity index (χ2n) is 2.73. The van der Waals surface area contributed by atoms with Gasteiger partial charge in [0, 0.05) is 0 Å². The predicted octanol–water partition coefficient (Wildman–Crippen LogP) is 3.12. The van der Waals surface area contributed by atoms with Gasteiger partial charge in [-0.05, 0) is 36.7 Å². The molecule has 84 valence electrons. The van der Waals surface area contributed by atoms with Gasteiger partial charge in [0.05, 0.1) is 0 Å². The third-order valence-corrected chi connectivity index (χ3v) is 2.21. The molecule has 0 fully saturated rings. The number of nitrogens with zero attached hydrogens (tertiary/aromatic N) is 2. The second kappa shape index (κ2) is 8.11. The van der Waals surface area contributed by atoms with Crippen molar-refractivity contribution in [3.8, 4) is 0 Å². The molecule has 0 spiro atoms. The molecule has 2 rings (SSSR count). The van der Waals surface area contributed by atoms with E-state index in [0.717, 1.165) is 0 Å². The topological polar surface area (TPSA) is 56.0 Å². The first-order valence-corrected chi connectivity index (χ1v) is 5.13. The molecule has 17 heavy (non-hydrogen) atoms. The van der Waals surface area contributed by atoms with E-state index in [1.54, 1.807) is 36.4 Å². The smallest absolute Gasteiger partial charge is 0.805 e. The SMILES string of the molecule is [O-]n1ccccc1=S.[O-]n1ccccc1=S.[Zn+2]. The Balaban J connectivity index is 0.000000284. The van der Waals surface area contributed by atoms with E-state index in [4.69, 9.17) is 0 Å². The Hall–Kier alpha value is -1.04. The van der Waals surface area contributed by atoms with E-state index in [1.165, 1.54) is 12.4 Å². The van der Waals surface area contributed by atoms with Crippen molar-refractivity contribution in [1.82, 2.24) is 9.46 Å². The molecule has 2 aromatic heterocycles. The van der Waals surface area contributed by atoms with Crippen LogP contribution in [0.25, 0.3) is 0 Å². The number of pyridine rings is 2. The van der Waals surface area contributed by atoms with Crippen LogP contribution in [0.4, 0.5) is 0 Å². The van der Waals surface area contributed by atoms with Crippen molar-refractivity contribution in [3.05, 3.63) is 68.5 Å². The summed E-state index contributed by atoms with van der Waals surface area (Å²) in [4.78, 5) is 0. The van der Waals surface area contributed by atoms with Crippen LogP contribution in [0, 0.1) is 19.7 Å². The van der Waals surface area contributed by atoms with Crippen molar-refractivity contribution in [2.75, 3.05) is 0 Å². The fraction of sp³-hybridized carbons (Fsp3) is 0. The number of hydrogen-bond acceptors (Lipinski definition) is 4. The average Bonchev–Trinajstić information content (AvgIpc) is 2.28. The molecule has 0 saturated carbocycles. The molecule has 0 aliphatic carbocycles. The zero-order valence-corrected chi connectivity index (χ0v) is 13.5. The minimum Gasteiger partial charge on any atom is -0.805 e. The van der Waals surface area contributed by atoms with Crippen LogP contribution in [-0.4, -0.2) is 9.46 Å². The first-order valence-electron chi connectivity index (χ1n) is 4.31. The first kappa shape index (κ1) is 16.0. The van der Waals surface area contributed by atoms with Gasteiger partial charge in [0.15, 0.2) is 0 Å². The summed E-state index contributed by atoms with van der Waals surface area (Å²) in [6.45, 7) is 0. The second-order valence-corrected chi connectivity index (χ2v) is 3.57. The van der Waals surface area contributed by atoms with Crippen molar-refractivity contribution in [2.24, 2.45) is 0 Å². The van der Waals surface area contributed by atoms with Crippen molar-refractivity contribution >= 4 is 24.4 Å². The molecule has 0 saturated heterocycles. The van der Waals surface area contributed by atoms with E-state index in [-0.39, 0.29) is 19.5 Å². The average molecular weight is 318 g/mol. The summed E-state index contributed by atoms with van der Waals surface area (Å²) in [5, 5.41) is 20.9. The molecule has 0 radical (unpaired) electrons. The third kappa shape index (κ3) is 5.72. The molecule has 0 bridgehead atoms. The summed E-state index contributed by atoms with van der Waals surface area (Å²) in [6.07, 6.45) is 2.75. The summed E-state index contributed by atoms with van der Waals surface area (Å²) < 4.78 is 1.92. The van der Waals surface area contributed by atoms with Crippen LogP contribution in [0.2, 0.25) is 0 Å². The van der Waals surface area contributed by atoms with Crippen LogP contribution in [-0.2, 0) is 19.5 Å². The van der Waals surface area contributed by atoms with E-state index in [0.29, 0.717) is 18.7 Å². The molecule has 0 atom stereocenters. The molecule has 0 unspecified atom stereocenters. The van der Waals surface area contributed by atoms with E-state index < -0.39 is 0 Å². The molecule has 7 heteroatoms. The van der Waals surface area contributed by atoms with Gasteiger partial charge in [0.2, 0.25) is 0 Å². The van der Waals surface area contributed by atoms with E-state index in [9.17, 15) is 10.4 Å². The minimum absolute atomic E-state index is 0. The standard InChI is InChI=1S/2C5H4NOS.Zn/c2*7-6-4-2-1-3-5(6)8;/h2*1-4H;/q2*-1;+2. The van der Waals surface area contributed by atoms with Crippen LogP contribution >= 0.6 is 24.4 Å². The third-order valence-electron chi connectivity index (χ3n) is 1.58. The van der Waals surface area contributed by atoms with Gasteiger partial charge in [-0.15, -0.1) is 0 Å². The predicted molar refractivity (Wildman–Crippen MR) is 68.1 cm³/mol. The summed E-state index contributed by atoms with van der Waals surface area (Å²) in [6, 6.07) is 9.92. The van der Waals surface area contributed by atoms with Crippen LogP contribution in [0.3, 0.4) is 0 Å². The maximum atomic E-state index is 10.4. The Kier molecular flexibility index (Phi) is 7.62. The Morgan fingerprint density at radius 1 is 0.765 bits per heavy atom. The van der Waals surface area contributed by atoms with Crippen molar-refractivity contribution in [1.29, 1.82) is 0 Å². The van der Waals surface area contributed by atoms with Crippen LogP contribution in [0.5, 0.6) is 0 Å². The quantitative estimate of drug-likeness (QED) is 0.553. The Morgan fingerprint density at radius 2 is 1.12 bits per heavy atom. The summed E-state index contributed by atoms with van der Waals surface area (Å²) >= 11 is 9.21. The first-order chi connectivity index (χ1) is 7.61. The van der Waals surface area contributed by atoms with Crippen molar-refractivity contribution in [2.45, 2.75) is 0 Å². The molecular formula is C10H8N2O2S2Zn. The normalized spacial score (nSPS) is 8.47. The van der Waals surface area contributed by atoms with Crippen molar-refractivity contribution < 1.29 is 19.5 Å². The van der Waals surface area contributed by atoms with Gasteiger partial charge in [-0.2, -0.15) is 0 Å². The van der Waals surface area contributed by atoms with Crippen LogP contribution in [0.1, 0.15) is 0 Å². The number of aromatic nitrogens is 2. The van der Waals surface area contributed by atoms with Gasteiger partial charge < -0.3 is 19.9 Å². The number of hydrogen-bond donors (Lipinski definition) is 0. The van der Waals surface area contributed by atoms with E-state index in [1.807, 2.05) is 0 Å². The maximum Gasteiger partial charge on any atom is 2.00 e. The Morgan fingerprint density at radius 3 is 1.29 bits per heavy atom. The number of rotatable bonds is 0. The van der Waals surface area contributed by atoms with E-state index >= 15 is 0 Å².